The van der Waals surface area contributed by atoms with Crippen LogP contribution in [-0.4, -0.2) is 50.0 Å². The molecule has 3 rings (SSSR count). The fourth-order valence-electron chi connectivity index (χ4n) is 4.47. The Bertz CT molecular complexity index is 1220. The van der Waals surface area contributed by atoms with E-state index in [-0.39, 0.29) is 49.8 Å². The summed E-state index contributed by atoms with van der Waals surface area (Å²) in [5.41, 5.74) is 13.1. The highest BCUT2D eigenvalue weighted by atomic mass is 19.4. The predicted molar refractivity (Wildman–Crippen MR) is 154 cm³/mol. The van der Waals surface area contributed by atoms with Crippen molar-refractivity contribution in [3.63, 3.8) is 0 Å². The van der Waals surface area contributed by atoms with E-state index in [1.807, 2.05) is 0 Å². The third kappa shape index (κ3) is 12.8. The van der Waals surface area contributed by atoms with E-state index in [4.69, 9.17) is 30.4 Å². The van der Waals surface area contributed by atoms with Crippen LogP contribution in [0.2, 0.25) is 0 Å². The Hall–Kier alpha value is -4.06. The minimum absolute atomic E-state index is 0.0552. The monoisotopic (exact) mass is 606 g/mol. The van der Waals surface area contributed by atoms with E-state index >= 15 is 0 Å². The zero-order valence-corrected chi connectivity index (χ0v) is 23.8. The molecule has 0 heterocycles. The molecule has 2 aromatic carbocycles. The molecule has 0 unspecified atom stereocenters. The summed E-state index contributed by atoms with van der Waals surface area (Å²) >= 11 is 0. The van der Waals surface area contributed by atoms with Gasteiger partial charge >= 0.3 is 24.1 Å². The van der Waals surface area contributed by atoms with Crippen LogP contribution in [0.25, 0.3) is 6.08 Å². The molecule has 0 aliphatic heterocycles. The first-order valence-corrected chi connectivity index (χ1v) is 14.2. The number of nitrogen functional groups attached to an aromatic ring is 2. The summed E-state index contributed by atoms with van der Waals surface area (Å²) in [5, 5.41) is 0. The molecule has 0 radical (unpaired) electrons. The molecule has 0 atom stereocenters. The topological polar surface area (TPSA) is 140 Å². The predicted octanol–water partition coefficient (Wildman–Crippen LogP) is 5.87. The van der Waals surface area contributed by atoms with Gasteiger partial charge < -0.3 is 30.4 Å². The van der Waals surface area contributed by atoms with Gasteiger partial charge in [-0.15, -0.1) is 0 Å². The van der Waals surface area contributed by atoms with Crippen molar-refractivity contribution >= 4 is 35.4 Å². The number of carbonyl (C=O) groups excluding carboxylic acids is 3. The van der Waals surface area contributed by atoms with E-state index in [1.165, 1.54) is 18.2 Å². The van der Waals surface area contributed by atoms with Gasteiger partial charge in [0.15, 0.2) is 0 Å². The summed E-state index contributed by atoms with van der Waals surface area (Å²) in [4.78, 5) is 36.6. The first kappa shape index (κ1) is 33.4. The van der Waals surface area contributed by atoms with Gasteiger partial charge in [-0.1, -0.05) is 12.1 Å². The van der Waals surface area contributed by atoms with Crippen molar-refractivity contribution in [1.29, 1.82) is 0 Å². The number of carbonyl (C=O) groups is 3. The van der Waals surface area contributed by atoms with Crippen LogP contribution in [0, 0.1) is 5.92 Å². The second kappa shape index (κ2) is 16.5. The molecule has 43 heavy (non-hydrogen) atoms. The maximum Gasteiger partial charge on any atom is 0.389 e. The molecule has 0 amide bonds. The van der Waals surface area contributed by atoms with Crippen LogP contribution in [0.15, 0.2) is 48.5 Å². The first-order chi connectivity index (χ1) is 20.5. The highest BCUT2D eigenvalue weighted by Crippen LogP contribution is 2.29. The molecule has 4 N–H and O–H groups in total. The fraction of sp³-hybridized carbons (Fsp3) is 0.452. The summed E-state index contributed by atoms with van der Waals surface area (Å²) in [6.07, 6.45) is 0.914. The van der Waals surface area contributed by atoms with Crippen LogP contribution in [0.5, 0.6) is 5.75 Å². The van der Waals surface area contributed by atoms with Gasteiger partial charge in [0.05, 0.1) is 30.8 Å². The number of alkyl halides is 3. The van der Waals surface area contributed by atoms with Gasteiger partial charge in [0.1, 0.15) is 5.75 Å². The molecule has 0 aromatic heterocycles. The van der Waals surface area contributed by atoms with Crippen molar-refractivity contribution in [3.8, 4) is 5.75 Å². The van der Waals surface area contributed by atoms with Gasteiger partial charge in [0.25, 0.3) is 0 Å². The maximum absolute atomic E-state index is 12.5. The number of ether oxygens (including phenoxy) is 4. The van der Waals surface area contributed by atoms with Crippen LogP contribution in [0.1, 0.15) is 67.3 Å². The Morgan fingerprint density at radius 2 is 1.47 bits per heavy atom. The van der Waals surface area contributed by atoms with Gasteiger partial charge in [-0.3, -0.25) is 4.79 Å². The summed E-state index contributed by atoms with van der Waals surface area (Å²) in [5.74, 6) is -1.33. The first-order valence-electron chi connectivity index (χ1n) is 14.2. The molecule has 9 nitrogen and oxygen atoms in total. The standard InChI is InChI=1S/C31H37F3N2O7/c32-31(33,34)14-3-17-40-26-11-7-22(8-12-26)30(39)43-27-9-4-21(5-10-27)6-13-28(37)41-15-1-2-16-42-29(38)23-18-24(35)20-25(36)19-23/h4-6,9-10,13,18-20,22,26H,1-3,7-8,11-12,14-17,35-36H2. The minimum atomic E-state index is -4.18. The number of esters is 3. The van der Waals surface area contributed by atoms with E-state index < -0.39 is 24.5 Å². The lowest BCUT2D eigenvalue weighted by molar-refractivity contribution is -0.143. The Labute approximate surface area is 248 Å². The van der Waals surface area contributed by atoms with Crippen molar-refractivity contribution in [2.75, 3.05) is 31.3 Å². The highest BCUT2D eigenvalue weighted by molar-refractivity contribution is 5.91. The van der Waals surface area contributed by atoms with E-state index in [2.05, 4.69) is 0 Å². The number of nitrogens with two attached hydrogens (primary N) is 2. The Morgan fingerprint density at radius 3 is 2.09 bits per heavy atom. The summed E-state index contributed by atoms with van der Waals surface area (Å²) in [7, 11) is 0. The lowest BCUT2D eigenvalue weighted by Crippen LogP contribution is -2.29. The van der Waals surface area contributed by atoms with Crippen molar-refractivity contribution in [3.05, 3.63) is 59.7 Å². The van der Waals surface area contributed by atoms with Gasteiger partial charge in [-0.25, -0.2) is 9.59 Å². The third-order valence-corrected chi connectivity index (χ3v) is 6.71. The number of anilines is 2. The number of hydrogen-bond donors (Lipinski definition) is 2. The molecule has 1 aliphatic rings. The lowest BCUT2D eigenvalue weighted by atomic mass is 9.87. The van der Waals surface area contributed by atoms with Crippen molar-refractivity contribution < 1.29 is 46.5 Å². The Balaban J connectivity index is 1.27. The molecular weight excluding hydrogens is 569 g/mol. The molecule has 1 saturated carbocycles. The van der Waals surface area contributed by atoms with Crippen LogP contribution < -0.4 is 16.2 Å². The maximum atomic E-state index is 12.5. The summed E-state index contributed by atoms with van der Waals surface area (Å²) in [6.45, 7) is 0.369. The number of unbranched alkanes of at least 4 members (excludes halogenated alkanes) is 1. The van der Waals surface area contributed by atoms with Gasteiger partial charge in [-0.05, 0) is 86.9 Å². The third-order valence-electron chi connectivity index (χ3n) is 6.71. The smallest absolute Gasteiger partial charge is 0.389 e. The molecule has 0 saturated heterocycles. The molecule has 1 aliphatic carbocycles. The highest BCUT2D eigenvalue weighted by Gasteiger charge is 2.29. The van der Waals surface area contributed by atoms with Crippen LogP contribution in [0.4, 0.5) is 24.5 Å². The molecule has 2 aromatic rings. The van der Waals surface area contributed by atoms with Crippen molar-refractivity contribution in [1.82, 2.24) is 0 Å². The average Bonchev–Trinajstić information content (AvgIpc) is 2.96. The van der Waals surface area contributed by atoms with Crippen molar-refractivity contribution in [2.24, 2.45) is 5.92 Å². The molecule has 12 heteroatoms. The van der Waals surface area contributed by atoms with Crippen molar-refractivity contribution in [2.45, 2.75) is 63.6 Å². The number of hydrogen-bond acceptors (Lipinski definition) is 9. The number of rotatable bonds is 14. The minimum Gasteiger partial charge on any atom is -0.463 e. The quantitative estimate of drug-likeness (QED) is 0.0888. The normalized spacial score (nSPS) is 17.0. The van der Waals surface area contributed by atoms with Gasteiger partial charge in [0.2, 0.25) is 0 Å². The van der Waals surface area contributed by atoms with Crippen LogP contribution in [-0.2, 0) is 23.8 Å². The molecule has 234 valence electrons. The van der Waals surface area contributed by atoms with Gasteiger partial charge in [-0.2, -0.15) is 13.2 Å². The number of benzene rings is 2. The van der Waals surface area contributed by atoms with E-state index in [9.17, 15) is 27.6 Å². The lowest BCUT2D eigenvalue weighted by Gasteiger charge is -2.27. The summed E-state index contributed by atoms with van der Waals surface area (Å²) < 4.78 is 58.0. The average molecular weight is 607 g/mol. The van der Waals surface area contributed by atoms with E-state index in [0.29, 0.717) is 61.2 Å². The molecule has 0 bridgehead atoms. The molecule has 1 fully saturated rings. The second-order valence-electron chi connectivity index (χ2n) is 10.3. The van der Waals surface area contributed by atoms with Crippen LogP contribution >= 0.6 is 0 Å². The molecule has 0 spiro atoms. The van der Waals surface area contributed by atoms with E-state index in [0.717, 1.165) is 0 Å². The fourth-order valence-corrected chi connectivity index (χ4v) is 4.47. The Kier molecular flexibility index (Phi) is 12.9. The van der Waals surface area contributed by atoms with Gasteiger partial charge in [0, 0.05) is 30.5 Å². The second-order valence-corrected chi connectivity index (χ2v) is 10.3. The SMILES string of the molecule is Nc1cc(N)cc(C(=O)OCCCCOC(=O)C=Cc2ccc(OC(=O)C3CCC(OCCCC(F)(F)F)CC3)cc2)c1. The zero-order valence-electron chi connectivity index (χ0n) is 23.8. The van der Waals surface area contributed by atoms with E-state index in [1.54, 1.807) is 36.4 Å². The molecular formula is C31H37F3N2O7. The zero-order chi connectivity index (χ0) is 31.2. The number of halogens is 3. The largest absolute Gasteiger partial charge is 0.463 e. The van der Waals surface area contributed by atoms with Crippen LogP contribution in [0.3, 0.4) is 0 Å². The Morgan fingerprint density at radius 1 is 0.837 bits per heavy atom. The summed E-state index contributed by atoms with van der Waals surface area (Å²) in [6, 6.07) is 11.1.